The van der Waals surface area contributed by atoms with E-state index in [1.807, 2.05) is 24.8 Å². The number of ether oxygens (including phenoxy) is 2. The van der Waals surface area contributed by atoms with Gasteiger partial charge in [0.2, 0.25) is 0 Å². The Labute approximate surface area is 326 Å². The zero-order valence-corrected chi connectivity index (χ0v) is 34.4. The van der Waals surface area contributed by atoms with E-state index >= 15 is 22.0 Å². The Balaban J connectivity index is 2.02. The molecule has 0 amide bonds. The van der Waals surface area contributed by atoms with Crippen molar-refractivity contribution in [2.24, 2.45) is 17.3 Å². The summed E-state index contributed by atoms with van der Waals surface area (Å²) in [7, 11) is 3.44. The van der Waals surface area contributed by atoms with Gasteiger partial charge in [0.05, 0.1) is 28.5 Å². The predicted octanol–water partition coefficient (Wildman–Crippen LogP) is 12.3. The summed E-state index contributed by atoms with van der Waals surface area (Å²) in [6.45, 7) is 14.8. The Kier molecular flexibility index (Phi) is 14.8. The summed E-state index contributed by atoms with van der Waals surface area (Å²) in [5, 5.41) is 9.51. The number of aromatic nitrogens is 2. The molecule has 4 aromatic rings. The molecule has 0 spiro atoms. The van der Waals surface area contributed by atoms with Crippen LogP contribution in [0.15, 0.2) is 18.2 Å². The van der Waals surface area contributed by atoms with Crippen LogP contribution in [0.4, 0.5) is 32.8 Å². The Morgan fingerprint density at radius 1 is 1.04 bits per heavy atom. The van der Waals surface area contributed by atoms with Crippen molar-refractivity contribution in [1.82, 2.24) is 9.97 Å². The second kappa shape index (κ2) is 18.5. The number of rotatable bonds is 19. The highest BCUT2D eigenvalue weighted by Crippen LogP contribution is 2.48. The monoisotopic (exact) mass is 789 g/mol. The molecule has 2 aromatic heterocycles. The van der Waals surface area contributed by atoms with Crippen LogP contribution in [0.25, 0.3) is 32.1 Å². The summed E-state index contributed by atoms with van der Waals surface area (Å²) < 4.78 is 89.9. The number of unbranched alkanes of at least 4 members (excludes halogenated alkanes) is 3. The molecule has 0 fully saturated rings. The fraction of sp³-hybridized carbons (Fsp3) is 0.595. The van der Waals surface area contributed by atoms with Gasteiger partial charge >= 0.3 is 12.2 Å². The molecule has 0 saturated heterocycles. The summed E-state index contributed by atoms with van der Waals surface area (Å²) >= 11 is 0.722. The fourth-order valence-electron chi connectivity index (χ4n) is 7.55. The van der Waals surface area contributed by atoms with Gasteiger partial charge in [-0.15, -0.1) is 11.3 Å². The number of halogens is 5. The van der Waals surface area contributed by atoms with Crippen molar-refractivity contribution >= 4 is 43.1 Å². The number of fused-ring (bicyclic) bond motifs is 2. The molecule has 2 N–H and O–H groups in total. The number of benzene rings is 2. The van der Waals surface area contributed by atoms with Crippen LogP contribution in [0.5, 0.6) is 6.01 Å². The zero-order valence-electron chi connectivity index (χ0n) is 33.6. The third-order valence-corrected chi connectivity index (χ3v) is 11.8. The highest BCUT2D eigenvalue weighted by molar-refractivity contribution is 7.23. The number of nitrogen functional groups attached to an aromatic ring is 1. The number of thiophene rings is 1. The fourth-order valence-corrected chi connectivity index (χ4v) is 8.50. The minimum absolute atomic E-state index is 0.0236. The predicted molar refractivity (Wildman–Crippen MR) is 214 cm³/mol. The first-order valence-electron chi connectivity index (χ1n) is 19.3. The maximum Gasteiger partial charge on any atom is 0.417 e. The molecule has 0 aliphatic heterocycles. The number of hydrogen-bond donors (Lipinski definition) is 1. The summed E-state index contributed by atoms with van der Waals surface area (Å²) in [6, 6.07) is 4.42. The number of alkyl halides is 3. The second-order valence-corrected chi connectivity index (χ2v) is 16.9. The number of methoxy groups -OCH3 is 1. The van der Waals surface area contributed by atoms with Crippen molar-refractivity contribution in [3.05, 3.63) is 41.0 Å². The Hall–Kier alpha value is -3.76. The first kappa shape index (κ1) is 44.0. The van der Waals surface area contributed by atoms with Crippen LogP contribution in [0.2, 0.25) is 0 Å². The van der Waals surface area contributed by atoms with E-state index in [0.29, 0.717) is 12.3 Å². The van der Waals surface area contributed by atoms with Gasteiger partial charge in [-0.05, 0) is 61.6 Å². The van der Waals surface area contributed by atoms with Crippen LogP contribution >= 0.6 is 11.3 Å². The zero-order chi connectivity index (χ0) is 40.8. The molecular weight excluding hydrogens is 734 g/mol. The third-order valence-electron chi connectivity index (χ3n) is 10.7. The Bertz CT molecular complexity index is 1970. The topological polar surface area (TPSA) is 97.3 Å². The van der Waals surface area contributed by atoms with E-state index in [2.05, 4.69) is 39.6 Å². The van der Waals surface area contributed by atoms with Crippen LogP contribution < -0.4 is 15.4 Å². The van der Waals surface area contributed by atoms with Gasteiger partial charge in [0, 0.05) is 42.0 Å². The maximum absolute atomic E-state index is 17.3. The Morgan fingerprint density at radius 2 is 1.75 bits per heavy atom. The molecule has 2 heterocycles. The molecule has 2 aromatic carbocycles. The van der Waals surface area contributed by atoms with Gasteiger partial charge in [-0.2, -0.15) is 28.4 Å². The second-order valence-electron chi connectivity index (χ2n) is 15.9. The number of nitrogens with zero attached hydrogens (tertiary/aromatic N) is 4. The molecule has 0 aliphatic rings. The molecule has 3 unspecified atom stereocenters. The lowest BCUT2D eigenvalue weighted by Gasteiger charge is -2.34. The molecule has 7 nitrogen and oxygen atoms in total. The molecule has 55 heavy (non-hydrogen) atoms. The van der Waals surface area contributed by atoms with Gasteiger partial charge in [-0.25, -0.2) is 8.78 Å². The quantitative estimate of drug-likeness (QED) is 0.0746. The molecule has 0 saturated carbocycles. The van der Waals surface area contributed by atoms with Crippen molar-refractivity contribution in [2.45, 2.75) is 125 Å². The molecule has 0 aliphatic carbocycles. The van der Waals surface area contributed by atoms with Gasteiger partial charge < -0.3 is 20.1 Å². The van der Waals surface area contributed by atoms with E-state index in [4.69, 9.17) is 20.2 Å². The summed E-state index contributed by atoms with van der Waals surface area (Å²) in [4.78, 5) is 11.0. The minimum atomic E-state index is -5.06. The molecule has 4 rings (SSSR count). The number of hydrogen-bond acceptors (Lipinski definition) is 8. The van der Waals surface area contributed by atoms with Crippen LogP contribution in [0.1, 0.15) is 117 Å². The SMILES string of the molecule is CCCCCCC(C)(COc1nc(N(C)C(CCC(C)C)C(C)C)c2cc(C(F)(F)F)c(-c3ccc(F)c4sc(N)c(C#N)c34)c(F)c2n1)CC(CC)OC. The summed E-state index contributed by atoms with van der Waals surface area (Å²) in [5.74, 6) is -1.53. The lowest BCUT2D eigenvalue weighted by atomic mass is 9.79. The van der Waals surface area contributed by atoms with E-state index in [9.17, 15) is 5.26 Å². The number of nitrogens with two attached hydrogens (primary N) is 1. The van der Waals surface area contributed by atoms with E-state index in [-0.39, 0.29) is 79.0 Å². The highest BCUT2D eigenvalue weighted by atomic mass is 32.1. The van der Waals surface area contributed by atoms with Crippen molar-refractivity contribution in [2.75, 3.05) is 31.4 Å². The molecule has 302 valence electrons. The van der Waals surface area contributed by atoms with Gasteiger partial charge in [0.15, 0.2) is 5.82 Å². The van der Waals surface area contributed by atoms with Crippen LogP contribution in [-0.4, -0.2) is 42.9 Å². The van der Waals surface area contributed by atoms with Gasteiger partial charge in [-0.3, -0.25) is 0 Å². The van der Waals surface area contributed by atoms with Crippen molar-refractivity contribution in [3.63, 3.8) is 0 Å². The van der Waals surface area contributed by atoms with E-state index < -0.39 is 28.9 Å². The first-order chi connectivity index (χ1) is 25.9. The number of nitriles is 1. The smallest absolute Gasteiger partial charge is 0.417 e. The van der Waals surface area contributed by atoms with Crippen molar-refractivity contribution in [1.29, 1.82) is 5.26 Å². The Morgan fingerprint density at radius 3 is 2.33 bits per heavy atom. The molecule has 13 heteroatoms. The lowest BCUT2D eigenvalue weighted by molar-refractivity contribution is -0.137. The molecule has 0 radical (unpaired) electrons. The molecular formula is C42H56F5N5O2S. The summed E-state index contributed by atoms with van der Waals surface area (Å²) in [5.41, 5.74) is 2.57. The van der Waals surface area contributed by atoms with E-state index in [1.54, 1.807) is 14.2 Å². The van der Waals surface area contributed by atoms with Gasteiger partial charge in [0.1, 0.15) is 28.2 Å². The number of anilines is 2. The van der Waals surface area contributed by atoms with Crippen LogP contribution in [-0.2, 0) is 10.9 Å². The first-order valence-corrected chi connectivity index (χ1v) is 20.1. The van der Waals surface area contributed by atoms with Crippen molar-refractivity contribution in [3.8, 4) is 23.2 Å². The average molecular weight is 790 g/mol. The normalized spacial score (nSPS) is 14.5. The lowest BCUT2D eigenvalue weighted by Crippen LogP contribution is -2.37. The van der Waals surface area contributed by atoms with E-state index in [0.717, 1.165) is 80.9 Å². The third kappa shape index (κ3) is 9.98. The van der Waals surface area contributed by atoms with Gasteiger partial charge in [-0.1, -0.05) is 80.2 Å². The largest absolute Gasteiger partial charge is 0.463 e. The van der Waals surface area contributed by atoms with Crippen LogP contribution in [0, 0.1) is 40.2 Å². The minimum Gasteiger partial charge on any atom is -0.463 e. The van der Waals surface area contributed by atoms with E-state index in [1.165, 1.54) is 0 Å². The maximum atomic E-state index is 17.3. The average Bonchev–Trinajstić information content (AvgIpc) is 3.47. The highest BCUT2D eigenvalue weighted by Gasteiger charge is 2.39. The summed E-state index contributed by atoms with van der Waals surface area (Å²) in [6.07, 6.45) is 3.02. The van der Waals surface area contributed by atoms with Crippen LogP contribution in [0.3, 0.4) is 0 Å². The molecule has 0 bridgehead atoms. The van der Waals surface area contributed by atoms with Crippen molar-refractivity contribution < 1.29 is 31.4 Å². The van der Waals surface area contributed by atoms with Gasteiger partial charge in [0.25, 0.3) is 0 Å². The molecule has 3 atom stereocenters. The standard InChI is InChI=1S/C42H56F5N5O2S/c1-10-12-13-14-19-41(7,21-26(11-2)53-9)23-54-40-50-36-28(39(51-40)52(8)32(25(5)6)18-15-24(3)4)20-30(42(45,46)47)34(35(36)44)27-16-17-31(43)37-33(27)29(22-48)38(49)55-37/h16-17,20,24-26,32H,10-15,18-19,21,23,49H2,1-9H3.